The van der Waals surface area contributed by atoms with Gasteiger partial charge in [-0.05, 0) is 35.0 Å². The molecular weight excluding hydrogens is 277 g/mol. The van der Waals surface area contributed by atoms with Gasteiger partial charge in [-0.1, -0.05) is 11.2 Å². The number of nitrogens with two attached hydrogens (primary N) is 1. The fourth-order valence-electron chi connectivity index (χ4n) is 1.20. The fourth-order valence-corrected chi connectivity index (χ4v) is 1.56. The van der Waals surface area contributed by atoms with E-state index in [1.807, 2.05) is 0 Å². The Bertz CT molecular complexity index is 513. The molecule has 84 valence electrons. The van der Waals surface area contributed by atoms with E-state index < -0.39 is 5.82 Å². The molecule has 0 fully saturated rings. The van der Waals surface area contributed by atoms with Crippen molar-refractivity contribution in [3.05, 3.63) is 34.3 Å². The van der Waals surface area contributed by atoms with Gasteiger partial charge in [0.15, 0.2) is 5.82 Å². The summed E-state index contributed by atoms with van der Waals surface area (Å²) < 4.78 is 19.0. The third kappa shape index (κ3) is 1.98. The van der Waals surface area contributed by atoms with Gasteiger partial charge in [-0.25, -0.2) is 4.39 Å². The van der Waals surface area contributed by atoms with Crippen molar-refractivity contribution in [2.45, 2.75) is 13.0 Å². The molecular formula is C10H9BrFN3O. The smallest absolute Gasteiger partial charge is 0.260 e. The molecule has 0 saturated carbocycles. The van der Waals surface area contributed by atoms with E-state index in [0.717, 1.165) is 0 Å². The molecule has 0 aliphatic heterocycles. The lowest BCUT2D eigenvalue weighted by Crippen LogP contribution is -2.06. The first-order chi connectivity index (χ1) is 7.59. The number of nitrogens with zero attached hydrogens (tertiary/aromatic N) is 2. The highest BCUT2D eigenvalue weighted by atomic mass is 79.9. The fraction of sp³-hybridized carbons (Fsp3) is 0.200. The Morgan fingerprint density at radius 1 is 1.50 bits per heavy atom. The Morgan fingerprint density at radius 2 is 2.25 bits per heavy atom. The Labute approximate surface area is 99.8 Å². The van der Waals surface area contributed by atoms with E-state index >= 15 is 0 Å². The molecule has 4 nitrogen and oxygen atoms in total. The van der Waals surface area contributed by atoms with Gasteiger partial charge in [-0.3, -0.25) is 0 Å². The average molecular weight is 286 g/mol. The summed E-state index contributed by atoms with van der Waals surface area (Å²) in [4.78, 5) is 4.02. The molecule has 2 rings (SSSR count). The van der Waals surface area contributed by atoms with Gasteiger partial charge in [0, 0.05) is 0 Å². The molecule has 0 aliphatic rings. The summed E-state index contributed by atoms with van der Waals surface area (Å²) >= 11 is 3.09. The van der Waals surface area contributed by atoms with Crippen molar-refractivity contribution in [1.29, 1.82) is 0 Å². The lowest BCUT2D eigenvalue weighted by atomic mass is 10.2. The highest BCUT2D eigenvalue weighted by Gasteiger charge is 2.16. The van der Waals surface area contributed by atoms with Crippen LogP contribution >= 0.6 is 15.9 Å². The monoisotopic (exact) mass is 285 g/mol. The van der Waals surface area contributed by atoms with E-state index in [1.165, 1.54) is 0 Å². The SMILES string of the molecule is CC(N)c1noc(-c2cccc(Br)c2F)n1. The summed E-state index contributed by atoms with van der Waals surface area (Å²) in [5.74, 6) is 0.0582. The van der Waals surface area contributed by atoms with E-state index in [2.05, 4.69) is 26.1 Å². The van der Waals surface area contributed by atoms with Gasteiger partial charge >= 0.3 is 0 Å². The maximum Gasteiger partial charge on any atom is 0.260 e. The van der Waals surface area contributed by atoms with Crippen molar-refractivity contribution in [2.75, 3.05) is 0 Å². The highest BCUT2D eigenvalue weighted by molar-refractivity contribution is 9.10. The molecule has 1 aromatic carbocycles. The molecule has 1 heterocycles. The van der Waals surface area contributed by atoms with Gasteiger partial charge in [0.2, 0.25) is 0 Å². The first-order valence-electron chi connectivity index (χ1n) is 4.63. The lowest BCUT2D eigenvalue weighted by molar-refractivity contribution is 0.416. The third-order valence-corrected chi connectivity index (χ3v) is 2.64. The van der Waals surface area contributed by atoms with Gasteiger partial charge in [-0.15, -0.1) is 0 Å². The van der Waals surface area contributed by atoms with Crippen LogP contribution in [0.2, 0.25) is 0 Å². The molecule has 1 atom stereocenters. The molecule has 0 spiro atoms. The third-order valence-electron chi connectivity index (χ3n) is 2.03. The Hall–Kier alpha value is -1.27. The molecule has 2 N–H and O–H groups in total. The second-order valence-corrected chi connectivity index (χ2v) is 4.20. The van der Waals surface area contributed by atoms with Crippen molar-refractivity contribution in [3.63, 3.8) is 0 Å². The van der Waals surface area contributed by atoms with Crippen molar-refractivity contribution < 1.29 is 8.91 Å². The van der Waals surface area contributed by atoms with Crippen LogP contribution in [0.25, 0.3) is 11.5 Å². The van der Waals surface area contributed by atoms with E-state index in [9.17, 15) is 4.39 Å². The molecule has 0 saturated heterocycles. The summed E-state index contributed by atoms with van der Waals surface area (Å²) in [6.07, 6.45) is 0. The minimum atomic E-state index is -0.428. The van der Waals surface area contributed by atoms with Gasteiger partial charge in [-0.2, -0.15) is 4.98 Å². The Balaban J connectivity index is 2.47. The topological polar surface area (TPSA) is 64.9 Å². The maximum absolute atomic E-state index is 13.7. The number of aromatic nitrogens is 2. The first kappa shape index (κ1) is 11.2. The number of rotatable bonds is 2. The van der Waals surface area contributed by atoms with Gasteiger partial charge in [0.05, 0.1) is 16.1 Å². The van der Waals surface area contributed by atoms with Crippen LogP contribution < -0.4 is 5.73 Å². The first-order valence-corrected chi connectivity index (χ1v) is 5.42. The number of halogens is 2. The minimum absolute atomic E-state index is 0.131. The summed E-state index contributed by atoms with van der Waals surface area (Å²) in [6, 6.07) is 4.52. The Kier molecular flexibility index (Phi) is 3.02. The van der Waals surface area contributed by atoms with Crippen LogP contribution in [0.15, 0.2) is 27.2 Å². The molecule has 2 aromatic rings. The molecule has 0 amide bonds. The summed E-state index contributed by atoms with van der Waals surface area (Å²) in [6.45, 7) is 1.73. The van der Waals surface area contributed by atoms with Crippen LogP contribution in [-0.2, 0) is 0 Å². The maximum atomic E-state index is 13.7. The standard InChI is InChI=1S/C10H9BrFN3O/c1-5(13)9-14-10(16-15-9)6-3-2-4-7(11)8(6)12/h2-5H,13H2,1H3. The lowest BCUT2D eigenvalue weighted by Gasteiger charge is -1.98. The zero-order chi connectivity index (χ0) is 11.7. The normalized spacial score (nSPS) is 12.8. The zero-order valence-corrected chi connectivity index (χ0v) is 10.0. The predicted octanol–water partition coefficient (Wildman–Crippen LogP) is 2.66. The van der Waals surface area contributed by atoms with E-state index in [4.69, 9.17) is 10.3 Å². The summed E-state index contributed by atoms with van der Waals surface area (Å²) in [5.41, 5.74) is 5.84. The molecule has 1 aromatic heterocycles. The van der Waals surface area contributed by atoms with Crippen LogP contribution in [0.4, 0.5) is 4.39 Å². The molecule has 16 heavy (non-hydrogen) atoms. The molecule has 0 radical (unpaired) electrons. The molecule has 0 bridgehead atoms. The van der Waals surface area contributed by atoms with Crippen molar-refractivity contribution in [2.24, 2.45) is 5.73 Å². The predicted molar refractivity (Wildman–Crippen MR) is 60.0 cm³/mol. The number of hydrogen-bond acceptors (Lipinski definition) is 4. The largest absolute Gasteiger partial charge is 0.334 e. The molecule has 1 unspecified atom stereocenters. The van der Waals surface area contributed by atoms with Crippen molar-refractivity contribution in [1.82, 2.24) is 10.1 Å². The second-order valence-electron chi connectivity index (χ2n) is 3.35. The van der Waals surface area contributed by atoms with Crippen molar-refractivity contribution in [3.8, 4) is 11.5 Å². The molecule has 6 heteroatoms. The van der Waals surface area contributed by atoms with Crippen LogP contribution in [0.1, 0.15) is 18.8 Å². The summed E-state index contributed by atoms with van der Waals surface area (Å²) in [7, 11) is 0. The Morgan fingerprint density at radius 3 is 2.88 bits per heavy atom. The quantitative estimate of drug-likeness (QED) is 0.921. The number of hydrogen-bond donors (Lipinski definition) is 1. The second kappa shape index (κ2) is 4.31. The number of benzene rings is 1. The minimum Gasteiger partial charge on any atom is -0.334 e. The zero-order valence-electron chi connectivity index (χ0n) is 8.45. The average Bonchev–Trinajstić information content (AvgIpc) is 2.71. The van der Waals surface area contributed by atoms with Gasteiger partial charge < -0.3 is 10.3 Å². The van der Waals surface area contributed by atoms with Crippen molar-refractivity contribution >= 4 is 15.9 Å². The van der Waals surface area contributed by atoms with Crippen LogP contribution in [0.3, 0.4) is 0 Å². The molecule has 0 aliphatic carbocycles. The van der Waals surface area contributed by atoms with E-state index in [0.29, 0.717) is 10.3 Å². The van der Waals surface area contributed by atoms with E-state index in [1.54, 1.807) is 25.1 Å². The van der Waals surface area contributed by atoms with Gasteiger partial charge in [0.25, 0.3) is 5.89 Å². The van der Waals surface area contributed by atoms with Crippen LogP contribution in [-0.4, -0.2) is 10.1 Å². The summed E-state index contributed by atoms with van der Waals surface area (Å²) in [5, 5.41) is 3.67. The highest BCUT2D eigenvalue weighted by Crippen LogP contribution is 2.26. The van der Waals surface area contributed by atoms with Gasteiger partial charge in [0.1, 0.15) is 5.82 Å². The van der Waals surface area contributed by atoms with Crippen LogP contribution in [0, 0.1) is 5.82 Å². The van der Waals surface area contributed by atoms with E-state index in [-0.39, 0.29) is 17.5 Å². The van der Waals surface area contributed by atoms with Crippen LogP contribution in [0.5, 0.6) is 0 Å².